The number of carbonyl (C=O) groups excluding carboxylic acids is 2. The van der Waals surface area contributed by atoms with E-state index in [4.69, 9.17) is 16.3 Å². The molecule has 10 heteroatoms. The molecule has 0 aliphatic rings. The van der Waals surface area contributed by atoms with E-state index in [1.807, 2.05) is 23.7 Å². The zero-order valence-electron chi connectivity index (χ0n) is 19.5. The number of aromatic nitrogens is 3. The lowest BCUT2D eigenvalue weighted by Gasteiger charge is -2.20. The Balaban J connectivity index is 1.68. The van der Waals surface area contributed by atoms with Gasteiger partial charge in [0.05, 0.1) is 29.5 Å². The fourth-order valence-electron chi connectivity index (χ4n) is 3.36. The van der Waals surface area contributed by atoms with Gasteiger partial charge >= 0.3 is 0 Å². The molecule has 1 atom stereocenters. The molecular formula is C24H28ClN5O3S. The van der Waals surface area contributed by atoms with Crippen molar-refractivity contribution in [3.8, 4) is 5.75 Å². The van der Waals surface area contributed by atoms with Crippen molar-refractivity contribution >= 4 is 40.9 Å². The smallest absolute Gasteiger partial charge is 0.253 e. The van der Waals surface area contributed by atoms with Crippen LogP contribution in [0.25, 0.3) is 0 Å². The minimum Gasteiger partial charge on any atom is -0.497 e. The van der Waals surface area contributed by atoms with E-state index in [9.17, 15) is 9.59 Å². The van der Waals surface area contributed by atoms with E-state index >= 15 is 0 Å². The van der Waals surface area contributed by atoms with Crippen LogP contribution in [0, 0.1) is 5.92 Å². The van der Waals surface area contributed by atoms with Gasteiger partial charge in [-0.15, -0.1) is 10.2 Å². The maximum atomic E-state index is 12.9. The maximum absolute atomic E-state index is 12.9. The predicted molar refractivity (Wildman–Crippen MR) is 134 cm³/mol. The average molecular weight is 502 g/mol. The van der Waals surface area contributed by atoms with Crippen LogP contribution in [0.3, 0.4) is 0 Å². The molecule has 3 aromatic rings. The molecule has 0 spiro atoms. The number of halogens is 1. The molecule has 34 heavy (non-hydrogen) atoms. The zero-order chi connectivity index (χ0) is 24.7. The summed E-state index contributed by atoms with van der Waals surface area (Å²) in [5, 5.41) is 15.4. The SMILES string of the molecule is COc1cccc(NC(=O)CSc2nnc([C@H](CC(C)C)NC(=O)c3ccccc3Cl)n2C)c1. The predicted octanol–water partition coefficient (Wildman–Crippen LogP) is 4.73. The molecule has 2 N–H and O–H groups in total. The van der Waals surface area contributed by atoms with Crippen molar-refractivity contribution in [2.45, 2.75) is 31.5 Å². The van der Waals surface area contributed by atoms with E-state index in [0.29, 0.717) is 45.3 Å². The summed E-state index contributed by atoms with van der Waals surface area (Å²) < 4.78 is 6.99. The number of hydrogen-bond acceptors (Lipinski definition) is 6. The first-order chi connectivity index (χ1) is 16.3. The Morgan fingerprint density at radius 1 is 1.15 bits per heavy atom. The van der Waals surface area contributed by atoms with E-state index < -0.39 is 0 Å². The highest BCUT2D eigenvalue weighted by molar-refractivity contribution is 7.99. The Kier molecular flexibility index (Phi) is 8.95. The summed E-state index contributed by atoms with van der Waals surface area (Å²) in [6.07, 6.45) is 0.670. The Morgan fingerprint density at radius 3 is 2.62 bits per heavy atom. The lowest BCUT2D eigenvalue weighted by atomic mass is 10.0. The highest BCUT2D eigenvalue weighted by Crippen LogP contribution is 2.25. The van der Waals surface area contributed by atoms with E-state index in [1.165, 1.54) is 11.8 Å². The van der Waals surface area contributed by atoms with Crippen molar-refractivity contribution < 1.29 is 14.3 Å². The number of carbonyl (C=O) groups is 2. The molecule has 180 valence electrons. The second kappa shape index (κ2) is 11.9. The number of anilines is 1. The molecule has 0 bridgehead atoms. The second-order valence-electron chi connectivity index (χ2n) is 8.10. The number of hydrogen-bond donors (Lipinski definition) is 2. The number of thioether (sulfide) groups is 1. The first-order valence-corrected chi connectivity index (χ1v) is 12.2. The molecule has 3 rings (SSSR count). The molecule has 1 heterocycles. The molecule has 0 aliphatic heterocycles. The average Bonchev–Trinajstić information content (AvgIpc) is 3.17. The van der Waals surface area contributed by atoms with Gasteiger partial charge in [0.2, 0.25) is 5.91 Å². The number of ether oxygens (including phenoxy) is 1. The zero-order valence-corrected chi connectivity index (χ0v) is 21.1. The van der Waals surface area contributed by atoms with E-state index in [1.54, 1.807) is 43.5 Å². The maximum Gasteiger partial charge on any atom is 0.253 e. The Labute approximate surface area is 208 Å². The standard InChI is InChI=1S/C24H28ClN5O3S/c1-15(2)12-20(27-23(32)18-10-5-6-11-19(18)25)22-28-29-24(30(22)3)34-14-21(31)26-16-8-7-9-17(13-16)33-4/h5-11,13,15,20H,12,14H2,1-4H3,(H,26,31)(H,27,32)/t20-/m0/s1. The molecule has 0 aliphatic carbocycles. The number of amides is 2. The van der Waals surface area contributed by atoms with E-state index in [0.717, 1.165) is 0 Å². The van der Waals surface area contributed by atoms with Gasteiger partial charge in [-0.1, -0.05) is 55.4 Å². The monoisotopic (exact) mass is 501 g/mol. The van der Waals surface area contributed by atoms with Crippen molar-refractivity contribution in [3.63, 3.8) is 0 Å². The van der Waals surface area contributed by atoms with Crippen LogP contribution in [0.15, 0.2) is 53.7 Å². The van der Waals surface area contributed by atoms with Crippen molar-refractivity contribution in [2.24, 2.45) is 13.0 Å². The summed E-state index contributed by atoms with van der Waals surface area (Å²) in [4.78, 5) is 25.3. The van der Waals surface area contributed by atoms with Gasteiger partial charge in [-0.05, 0) is 36.6 Å². The third-order valence-electron chi connectivity index (χ3n) is 5.00. The largest absolute Gasteiger partial charge is 0.497 e. The quantitative estimate of drug-likeness (QED) is 0.390. The van der Waals surface area contributed by atoms with Crippen LogP contribution in [0.4, 0.5) is 5.69 Å². The minimum absolute atomic E-state index is 0.157. The lowest BCUT2D eigenvalue weighted by molar-refractivity contribution is -0.113. The summed E-state index contributed by atoms with van der Waals surface area (Å²) in [5.74, 6) is 1.30. The molecule has 0 fully saturated rings. The van der Waals surface area contributed by atoms with Crippen LogP contribution < -0.4 is 15.4 Å². The van der Waals surface area contributed by atoms with Crippen LogP contribution >= 0.6 is 23.4 Å². The first kappa shape index (κ1) is 25.6. The van der Waals surface area contributed by atoms with E-state index in [-0.39, 0.29) is 23.6 Å². The fraction of sp³-hybridized carbons (Fsp3) is 0.333. The molecule has 0 saturated carbocycles. The fourth-order valence-corrected chi connectivity index (χ4v) is 4.30. The summed E-state index contributed by atoms with van der Waals surface area (Å²) in [7, 11) is 3.40. The van der Waals surface area contributed by atoms with Crippen LogP contribution in [0.5, 0.6) is 5.75 Å². The van der Waals surface area contributed by atoms with Crippen molar-refractivity contribution in [1.82, 2.24) is 20.1 Å². The number of rotatable bonds is 10. The lowest BCUT2D eigenvalue weighted by Crippen LogP contribution is -2.31. The summed E-state index contributed by atoms with van der Waals surface area (Å²) in [6, 6.07) is 13.7. The van der Waals surface area contributed by atoms with Gasteiger partial charge < -0.3 is 19.9 Å². The molecule has 0 radical (unpaired) electrons. The summed E-state index contributed by atoms with van der Waals surface area (Å²) >= 11 is 7.46. The van der Waals surface area contributed by atoms with Crippen LogP contribution in [0.1, 0.15) is 42.5 Å². The third-order valence-corrected chi connectivity index (χ3v) is 6.35. The van der Waals surface area contributed by atoms with Gasteiger partial charge in [-0.25, -0.2) is 0 Å². The first-order valence-electron chi connectivity index (χ1n) is 10.8. The summed E-state index contributed by atoms with van der Waals surface area (Å²) in [5.41, 5.74) is 1.06. The van der Waals surface area contributed by atoms with Crippen LogP contribution in [-0.2, 0) is 11.8 Å². The molecule has 2 amide bonds. The van der Waals surface area contributed by atoms with Gasteiger partial charge in [0.25, 0.3) is 5.91 Å². The van der Waals surface area contributed by atoms with Gasteiger partial charge in [0, 0.05) is 18.8 Å². The van der Waals surface area contributed by atoms with Gasteiger partial charge in [-0.2, -0.15) is 0 Å². The number of nitrogens with one attached hydrogen (secondary N) is 2. The molecule has 1 aromatic heterocycles. The number of benzene rings is 2. The van der Waals surface area contributed by atoms with Crippen LogP contribution in [0.2, 0.25) is 5.02 Å². The van der Waals surface area contributed by atoms with E-state index in [2.05, 4.69) is 34.7 Å². The normalized spacial score (nSPS) is 11.8. The molecule has 0 unspecified atom stereocenters. The van der Waals surface area contributed by atoms with Crippen molar-refractivity contribution in [3.05, 3.63) is 64.9 Å². The summed E-state index contributed by atoms with van der Waals surface area (Å²) in [6.45, 7) is 4.15. The van der Waals surface area contributed by atoms with Crippen molar-refractivity contribution in [2.75, 3.05) is 18.2 Å². The minimum atomic E-state index is -0.360. The molecule has 0 saturated heterocycles. The molecular weight excluding hydrogens is 474 g/mol. The third kappa shape index (κ3) is 6.74. The van der Waals surface area contributed by atoms with Crippen LogP contribution in [-0.4, -0.2) is 39.4 Å². The number of methoxy groups -OCH3 is 1. The Hall–Kier alpha value is -3.04. The second-order valence-corrected chi connectivity index (χ2v) is 9.45. The van der Waals surface area contributed by atoms with Gasteiger partial charge in [0.1, 0.15) is 5.75 Å². The Bertz CT molecular complexity index is 1150. The van der Waals surface area contributed by atoms with Gasteiger partial charge in [0.15, 0.2) is 11.0 Å². The Morgan fingerprint density at radius 2 is 1.91 bits per heavy atom. The highest BCUT2D eigenvalue weighted by Gasteiger charge is 2.24. The van der Waals surface area contributed by atoms with Crippen molar-refractivity contribution in [1.29, 1.82) is 0 Å². The molecule has 8 nitrogen and oxygen atoms in total. The number of nitrogens with zero attached hydrogens (tertiary/aromatic N) is 3. The topological polar surface area (TPSA) is 98.1 Å². The highest BCUT2D eigenvalue weighted by atomic mass is 35.5. The molecule has 2 aromatic carbocycles. The van der Waals surface area contributed by atoms with Gasteiger partial charge in [-0.3, -0.25) is 9.59 Å².